The van der Waals surface area contributed by atoms with Crippen molar-refractivity contribution in [3.8, 4) is 5.75 Å². The molecule has 2 aromatic carbocycles. The Labute approximate surface area is 188 Å². The fraction of sp³-hybridized carbons (Fsp3) is 0.435. The van der Waals surface area contributed by atoms with Gasteiger partial charge in [-0.25, -0.2) is 8.42 Å². The fourth-order valence-corrected chi connectivity index (χ4v) is 6.28. The molecule has 1 amide bonds. The smallest absolute Gasteiger partial charge is 0.264 e. The van der Waals surface area contributed by atoms with Crippen LogP contribution in [0, 0.1) is 11.8 Å². The van der Waals surface area contributed by atoms with Crippen molar-refractivity contribution in [1.29, 1.82) is 0 Å². The number of rotatable bonds is 8. The summed E-state index contributed by atoms with van der Waals surface area (Å²) in [6.45, 7) is 2.11. The van der Waals surface area contributed by atoms with Crippen LogP contribution in [-0.2, 0) is 14.8 Å². The Morgan fingerprint density at radius 3 is 2.39 bits per heavy atom. The minimum Gasteiger partial charge on any atom is -0.494 e. The molecule has 0 spiro atoms. The molecule has 2 saturated carbocycles. The zero-order valence-corrected chi connectivity index (χ0v) is 19.0. The van der Waals surface area contributed by atoms with Crippen LogP contribution in [0.5, 0.6) is 5.75 Å². The van der Waals surface area contributed by atoms with Gasteiger partial charge in [-0.15, -0.1) is 0 Å². The molecule has 2 fully saturated rings. The van der Waals surface area contributed by atoms with Crippen molar-refractivity contribution in [2.45, 2.75) is 43.5 Å². The topological polar surface area (TPSA) is 75.7 Å². The number of halogens is 1. The Morgan fingerprint density at radius 1 is 1.10 bits per heavy atom. The van der Waals surface area contributed by atoms with Gasteiger partial charge in [-0.05, 0) is 86.6 Å². The van der Waals surface area contributed by atoms with Gasteiger partial charge < -0.3 is 10.1 Å². The zero-order chi connectivity index (χ0) is 22.0. The minimum absolute atomic E-state index is 0.0820. The molecule has 0 saturated heterocycles. The molecule has 31 heavy (non-hydrogen) atoms. The lowest BCUT2D eigenvalue weighted by Gasteiger charge is -2.27. The Kier molecular flexibility index (Phi) is 6.44. The number of sulfonamides is 1. The first kappa shape index (κ1) is 22.0. The molecule has 0 radical (unpaired) electrons. The van der Waals surface area contributed by atoms with Gasteiger partial charge >= 0.3 is 0 Å². The fourth-order valence-electron chi connectivity index (χ4n) is 4.73. The quantitative estimate of drug-likeness (QED) is 0.636. The summed E-state index contributed by atoms with van der Waals surface area (Å²) in [6, 6.07) is 12.8. The molecule has 2 bridgehead atoms. The highest BCUT2D eigenvalue weighted by Gasteiger charge is 2.40. The Balaban J connectivity index is 1.58. The van der Waals surface area contributed by atoms with E-state index in [1.165, 1.54) is 30.7 Å². The van der Waals surface area contributed by atoms with Gasteiger partial charge in [0.25, 0.3) is 10.0 Å². The third-order valence-electron chi connectivity index (χ3n) is 6.21. The first-order valence-corrected chi connectivity index (χ1v) is 12.5. The van der Waals surface area contributed by atoms with Crippen LogP contribution in [0.1, 0.15) is 32.6 Å². The highest BCUT2D eigenvalue weighted by molar-refractivity contribution is 7.92. The van der Waals surface area contributed by atoms with Crippen LogP contribution in [-0.4, -0.2) is 33.5 Å². The number of fused-ring (bicyclic) bond motifs is 2. The molecule has 1 N–H and O–H groups in total. The number of benzene rings is 2. The predicted octanol–water partition coefficient (Wildman–Crippen LogP) is 4.24. The van der Waals surface area contributed by atoms with Gasteiger partial charge in [-0.3, -0.25) is 9.10 Å². The van der Waals surface area contributed by atoms with E-state index in [1.807, 2.05) is 6.92 Å². The van der Waals surface area contributed by atoms with Gasteiger partial charge in [-0.2, -0.15) is 0 Å². The van der Waals surface area contributed by atoms with Gasteiger partial charge in [0.1, 0.15) is 12.3 Å². The van der Waals surface area contributed by atoms with Gasteiger partial charge in [0.15, 0.2) is 0 Å². The van der Waals surface area contributed by atoms with Crippen LogP contribution in [0.3, 0.4) is 0 Å². The third kappa shape index (κ3) is 4.83. The number of ether oxygens (including phenoxy) is 1. The first-order chi connectivity index (χ1) is 14.9. The van der Waals surface area contributed by atoms with Gasteiger partial charge in [-0.1, -0.05) is 18.0 Å². The standard InChI is InChI=1S/C23H27ClN2O4S/c1-2-30-20-9-7-19(8-10-20)26(31(28,29)21-11-5-18(24)6-12-21)15-23(27)25-22-14-16-3-4-17(22)13-16/h5-12,16-17,22H,2-4,13-15H2,1H3,(H,25,27)/t16-,17+,22+/m1/s1. The van der Waals surface area contributed by atoms with E-state index in [9.17, 15) is 13.2 Å². The van der Waals surface area contributed by atoms with E-state index in [-0.39, 0.29) is 23.4 Å². The van der Waals surface area contributed by atoms with Crippen LogP contribution in [0.4, 0.5) is 5.69 Å². The number of anilines is 1. The van der Waals surface area contributed by atoms with Crippen molar-refractivity contribution in [2.75, 3.05) is 17.5 Å². The second-order valence-corrected chi connectivity index (χ2v) is 10.5. The second kappa shape index (κ2) is 9.09. The normalized spacial score (nSPS) is 22.3. The van der Waals surface area contributed by atoms with Gasteiger partial charge in [0.2, 0.25) is 5.91 Å². The molecule has 2 aromatic rings. The number of hydrogen-bond acceptors (Lipinski definition) is 4. The molecule has 0 heterocycles. The monoisotopic (exact) mass is 462 g/mol. The van der Waals surface area contributed by atoms with Crippen LogP contribution < -0.4 is 14.4 Å². The van der Waals surface area contributed by atoms with Gasteiger partial charge in [0, 0.05) is 11.1 Å². The average molecular weight is 463 g/mol. The number of amides is 1. The molecule has 0 aromatic heterocycles. The van der Waals surface area contributed by atoms with E-state index < -0.39 is 10.0 Å². The molecule has 6 nitrogen and oxygen atoms in total. The predicted molar refractivity (Wildman–Crippen MR) is 121 cm³/mol. The lowest BCUT2D eigenvalue weighted by Crippen LogP contribution is -2.45. The first-order valence-electron chi connectivity index (χ1n) is 10.7. The van der Waals surface area contributed by atoms with Crippen LogP contribution in [0.2, 0.25) is 5.02 Å². The van der Waals surface area contributed by atoms with Crippen molar-refractivity contribution in [1.82, 2.24) is 5.32 Å². The lowest BCUT2D eigenvalue weighted by molar-refractivity contribution is -0.120. The molecule has 166 valence electrons. The Morgan fingerprint density at radius 2 is 1.81 bits per heavy atom. The van der Waals surface area contributed by atoms with Crippen molar-refractivity contribution in [3.63, 3.8) is 0 Å². The summed E-state index contributed by atoms with van der Waals surface area (Å²) in [4.78, 5) is 13.0. The van der Waals surface area contributed by atoms with E-state index in [2.05, 4.69) is 5.32 Å². The number of carbonyl (C=O) groups is 1. The molecule has 0 unspecified atom stereocenters. The summed E-state index contributed by atoms with van der Waals surface area (Å²) >= 11 is 5.93. The summed E-state index contributed by atoms with van der Waals surface area (Å²) in [5.41, 5.74) is 0.404. The molecule has 0 aliphatic heterocycles. The molecular weight excluding hydrogens is 436 g/mol. The largest absolute Gasteiger partial charge is 0.494 e. The number of nitrogens with zero attached hydrogens (tertiary/aromatic N) is 1. The van der Waals surface area contributed by atoms with E-state index in [0.717, 1.165) is 23.6 Å². The molecule has 4 rings (SSSR count). The van der Waals surface area contributed by atoms with Crippen LogP contribution in [0.25, 0.3) is 0 Å². The van der Waals surface area contributed by atoms with Crippen molar-refractivity contribution < 1.29 is 17.9 Å². The van der Waals surface area contributed by atoms with E-state index in [1.54, 1.807) is 24.3 Å². The van der Waals surface area contributed by atoms with Crippen molar-refractivity contribution in [3.05, 3.63) is 53.6 Å². The van der Waals surface area contributed by atoms with Crippen LogP contribution in [0.15, 0.2) is 53.4 Å². The molecule has 2 aliphatic carbocycles. The van der Waals surface area contributed by atoms with Crippen LogP contribution >= 0.6 is 11.6 Å². The lowest BCUT2D eigenvalue weighted by atomic mass is 9.95. The average Bonchev–Trinajstić information content (AvgIpc) is 3.36. The maximum absolute atomic E-state index is 13.4. The van der Waals surface area contributed by atoms with Crippen molar-refractivity contribution >= 4 is 33.2 Å². The number of carbonyl (C=O) groups excluding carboxylic acids is 1. The zero-order valence-electron chi connectivity index (χ0n) is 17.5. The number of nitrogens with one attached hydrogen (secondary N) is 1. The molecular formula is C23H27ClN2O4S. The maximum Gasteiger partial charge on any atom is 0.264 e. The minimum atomic E-state index is -3.96. The SMILES string of the molecule is CCOc1ccc(N(CC(=O)N[C@H]2C[C@@H]3CC[C@H]2C3)S(=O)(=O)c2ccc(Cl)cc2)cc1. The Hall–Kier alpha value is -2.25. The summed E-state index contributed by atoms with van der Waals surface area (Å²) in [5, 5.41) is 3.53. The third-order valence-corrected chi connectivity index (χ3v) is 8.25. The van der Waals surface area contributed by atoms with E-state index >= 15 is 0 Å². The van der Waals surface area contributed by atoms with E-state index in [4.69, 9.17) is 16.3 Å². The summed E-state index contributed by atoms with van der Waals surface area (Å²) in [6.07, 6.45) is 4.53. The van der Waals surface area contributed by atoms with Crippen molar-refractivity contribution in [2.24, 2.45) is 11.8 Å². The molecule has 2 aliphatic rings. The second-order valence-electron chi connectivity index (χ2n) is 8.24. The highest BCUT2D eigenvalue weighted by atomic mass is 35.5. The van der Waals surface area contributed by atoms with Gasteiger partial charge in [0.05, 0.1) is 17.2 Å². The van der Waals surface area contributed by atoms with E-state index in [0.29, 0.717) is 34.9 Å². The maximum atomic E-state index is 13.4. The molecule has 8 heteroatoms. The summed E-state index contributed by atoms with van der Waals surface area (Å²) in [7, 11) is -3.96. The number of hydrogen-bond donors (Lipinski definition) is 1. The highest BCUT2D eigenvalue weighted by Crippen LogP contribution is 2.44. The summed E-state index contributed by atoms with van der Waals surface area (Å²) < 4.78 is 33.5. The Bertz CT molecular complexity index is 1020. The molecule has 3 atom stereocenters. The summed E-state index contributed by atoms with van der Waals surface area (Å²) in [5.74, 6) is 1.56.